The fourth-order valence-electron chi connectivity index (χ4n) is 1.01. The minimum absolute atomic E-state index is 0.167. The maximum atomic E-state index is 11.3. The molecule has 94 valence electrons. The minimum atomic E-state index is -1.38. The summed E-state index contributed by atoms with van der Waals surface area (Å²) in [6.07, 6.45) is -0.00687. The van der Waals surface area contributed by atoms with Crippen LogP contribution in [-0.2, 0) is 14.3 Å². The quantitative estimate of drug-likeness (QED) is 0.466. The lowest BCUT2D eigenvalue weighted by molar-refractivity contribution is -0.152. The fourth-order valence-corrected chi connectivity index (χ4v) is 1.14. The van der Waals surface area contributed by atoms with Gasteiger partial charge in [0, 0.05) is 5.02 Å². The molecule has 0 N–H and O–H groups in total. The lowest BCUT2D eigenvalue weighted by atomic mass is 10.3. The number of nitrogens with zero attached hydrogens (tertiary/aromatic N) is 3. The number of carbonyl (C=O) groups excluding carboxylic acids is 1. The summed E-state index contributed by atoms with van der Waals surface area (Å²) in [7, 11) is 0. The van der Waals surface area contributed by atoms with Crippen molar-refractivity contribution in [2.75, 3.05) is 6.61 Å². The summed E-state index contributed by atoms with van der Waals surface area (Å²) in [5.41, 5.74) is 0.482. The second-order valence-corrected chi connectivity index (χ2v) is 3.44. The summed E-state index contributed by atoms with van der Waals surface area (Å²) in [6.45, 7) is 1.80. The first-order valence-corrected chi connectivity index (χ1v) is 5.43. The molecule has 0 saturated heterocycles. The third kappa shape index (κ3) is 4.39. The van der Waals surface area contributed by atoms with E-state index in [1.165, 1.54) is 6.26 Å². The third-order valence-corrected chi connectivity index (χ3v) is 2.01. The summed E-state index contributed by atoms with van der Waals surface area (Å²) < 4.78 is 9.12. The number of carbonyl (C=O) groups is 1. The van der Waals surface area contributed by atoms with Gasteiger partial charge in [0.1, 0.15) is 0 Å². The predicted molar refractivity (Wildman–Crippen MR) is 63.1 cm³/mol. The zero-order valence-electron chi connectivity index (χ0n) is 9.54. The van der Waals surface area contributed by atoms with Gasteiger partial charge in [-0.3, -0.25) is 0 Å². The molecule has 0 bridgehead atoms. The van der Waals surface area contributed by atoms with Crippen LogP contribution in [0.3, 0.4) is 0 Å². The number of hydrogen-bond acceptors (Lipinski definition) is 6. The van der Waals surface area contributed by atoms with E-state index in [1.54, 1.807) is 31.2 Å². The van der Waals surface area contributed by atoms with Gasteiger partial charge in [0.25, 0.3) is 6.26 Å². The van der Waals surface area contributed by atoms with Crippen molar-refractivity contribution in [1.82, 2.24) is 0 Å². The van der Waals surface area contributed by atoms with Crippen LogP contribution < -0.4 is 0 Å². The van der Waals surface area contributed by atoms with Gasteiger partial charge in [-0.15, -0.1) is 5.11 Å². The highest BCUT2D eigenvalue weighted by Gasteiger charge is 2.20. The number of ether oxygens (including phenoxy) is 2. The van der Waals surface area contributed by atoms with E-state index >= 15 is 0 Å². The third-order valence-electron chi connectivity index (χ3n) is 1.76. The van der Waals surface area contributed by atoms with Crippen LogP contribution in [0.2, 0.25) is 5.02 Å². The molecular formula is C11H10ClN3O3. The van der Waals surface area contributed by atoms with Crippen LogP contribution in [0.25, 0.3) is 0 Å². The first-order valence-electron chi connectivity index (χ1n) is 5.05. The molecule has 0 aliphatic heterocycles. The molecule has 1 unspecified atom stereocenters. The maximum Gasteiger partial charge on any atom is 0.373 e. The van der Waals surface area contributed by atoms with Crippen molar-refractivity contribution >= 4 is 23.3 Å². The fraction of sp³-hybridized carbons (Fsp3) is 0.273. The summed E-state index contributed by atoms with van der Waals surface area (Å²) in [5, 5.41) is 16.3. The average molecular weight is 268 g/mol. The number of benzene rings is 1. The van der Waals surface area contributed by atoms with Crippen LogP contribution in [0.1, 0.15) is 6.92 Å². The largest absolute Gasteiger partial charge is 0.462 e. The van der Waals surface area contributed by atoms with Crippen molar-refractivity contribution in [3.05, 3.63) is 29.3 Å². The minimum Gasteiger partial charge on any atom is -0.462 e. The maximum absolute atomic E-state index is 11.3. The molecule has 1 rings (SSSR count). The van der Waals surface area contributed by atoms with E-state index in [0.717, 1.165) is 0 Å². The molecule has 0 spiro atoms. The SMILES string of the molecule is CCOC(=O)C(N=Nc1ccc(Cl)cc1)OC#N. The molecule has 1 aromatic carbocycles. The molecule has 0 aromatic heterocycles. The monoisotopic (exact) mass is 267 g/mol. The van der Waals surface area contributed by atoms with Crippen LogP contribution >= 0.6 is 11.6 Å². The van der Waals surface area contributed by atoms with Crippen molar-refractivity contribution in [2.45, 2.75) is 13.2 Å². The molecule has 0 saturated carbocycles. The topological polar surface area (TPSA) is 84.0 Å². The first kappa shape index (κ1) is 13.9. The lowest BCUT2D eigenvalue weighted by Gasteiger charge is -2.06. The van der Waals surface area contributed by atoms with Gasteiger partial charge in [-0.25, -0.2) is 4.79 Å². The van der Waals surface area contributed by atoms with Crippen molar-refractivity contribution in [3.8, 4) is 6.26 Å². The van der Waals surface area contributed by atoms with Gasteiger partial charge in [0.05, 0.1) is 12.3 Å². The highest BCUT2D eigenvalue weighted by Crippen LogP contribution is 2.17. The molecule has 0 heterocycles. The highest BCUT2D eigenvalue weighted by atomic mass is 35.5. The Bertz CT molecular complexity index is 467. The molecule has 0 aliphatic rings. The number of hydrogen-bond donors (Lipinski definition) is 0. The van der Waals surface area contributed by atoms with Gasteiger partial charge in [-0.2, -0.15) is 10.4 Å². The summed E-state index contributed by atoms with van der Waals surface area (Å²) in [6, 6.07) is 6.47. The van der Waals surface area contributed by atoms with E-state index in [0.29, 0.717) is 10.7 Å². The molecule has 0 amide bonds. The van der Waals surface area contributed by atoms with Crippen LogP contribution in [0.5, 0.6) is 0 Å². The van der Waals surface area contributed by atoms with Crippen LogP contribution in [0.4, 0.5) is 5.69 Å². The van der Waals surface area contributed by atoms with Gasteiger partial charge < -0.3 is 9.47 Å². The van der Waals surface area contributed by atoms with E-state index in [4.69, 9.17) is 16.9 Å². The van der Waals surface area contributed by atoms with E-state index in [2.05, 4.69) is 19.7 Å². The zero-order valence-corrected chi connectivity index (χ0v) is 10.3. The molecule has 0 radical (unpaired) electrons. The molecule has 0 fully saturated rings. The number of halogens is 1. The summed E-state index contributed by atoms with van der Waals surface area (Å²) >= 11 is 5.70. The Kier molecular flexibility index (Phi) is 5.61. The predicted octanol–water partition coefficient (Wildman–Crippen LogP) is 2.81. The van der Waals surface area contributed by atoms with Crippen molar-refractivity contribution in [1.29, 1.82) is 5.26 Å². The molecule has 1 aromatic rings. The molecule has 1 atom stereocenters. The second kappa shape index (κ2) is 7.25. The standard InChI is InChI=1S/C11H10ClN3O3/c1-2-17-11(16)10(18-7-13)15-14-9-5-3-8(12)4-6-9/h3-6,10H,2H2,1H3. The van der Waals surface area contributed by atoms with E-state index in [-0.39, 0.29) is 6.61 Å². The smallest absolute Gasteiger partial charge is 0.373 e. The van der Waals surface area contributed by atoms with E-state index in [9.17, 15) is 4.79 Å². The van der Waals surface area contributed by atoms with Gasteiger partial charge in [0.2, 0.25) is 0 Å². The van der Waals surface area contributed by atoms with Crippen LogP contribution in [0, 0.1) is 11.5 Å². The Balaban J connectivity index is 2.74. The molecule has 7 heteroatoms. The Labute approximate surface area is 109 Å². The van der Waals surface area contributed by atoms with Crippen LogP contribution in [-0.4, -0.2) is 18.8 Å². The highest BCUT2D eigenvalue weighted by molar-refractivity contribution is 6.30. The summed E-state index contributed by atoms with van der Waals surface area (Å²) in [5.74, 6) is -0.767. The number of azo groups is 1. The Hall–Kier alpha value is -2.13. The Morgan fingerprint density at radius 3 is 2.72 bits per heavy atom. The molecule has 0 aliphatic carbocycles. The molecular weight excluding hydrogens is 258 g/mol. The Morgan fingerprint density at radius 2 is 2.17 bits per heavy atom. The number of nitriles is 1. The molecule has 18 heavy (non-hydrogen) atoms. The average Bonchev–Trinajstić information content (AvgIpc) is 2.36. The van der Waals surface area contributed by atoms with E-state index in [1.807, 2.05) is 0 Å². The van der Waals surface area contributed by atoms with Crippen LogP contribution in [0.15, 0.2) is 34.5 Å². The van der Waals surface area contributed by atoms with Crippen molar-refractivity contribution < 1.29 is 14.3 Å². The summed E-state index contributed by atoms with van der Waals surface area (Å²) in [4.78, 5) is 11.3. The second-order valence-electron chi connectivity index (χ2n) is 3.01. The van der Waals surface area contributed by atoms with Crippen molar-refractivity contribution in [3.63, 3.8) is 0 Å². The van der Waals surface area contributed by atoms with Crippen molar-refractivity contribution in [2.24, 2.45) is 10.2 Å². The van der Waals surface area contributed by atoms with Gasteiger partial charge >= 0.3 is 12.2 Å². The van der Waals surface area contributed by atoms with E-state index < -0.39 is 12.2 Å². The Morgan fingerprint density at radius 1 is 1.50 bits per heavy atom. The van der Waals surface area contributed by atoms with Gasteiger partial charge in [-0.1, -0.05) is 11.6 Å². The number of esters is 1. The zero-order chi connectivity index (χ0) is 13.4. The first-order chi connectivity index (χ1) is 8.67. The lowest BCUT2D eigenvalue weighted by Crippen LogP contribution is -2.22. The number of rotatable bonds is 5. The van der Waals surface area contributed by atoms with Gasteiger partial charge in [-0.05, 0) is 31.2 Å². The normalized spacial score (nSPS) is 11.8. The molecule has 6 nitrogen and oxygen atoms in total. The van der Waals surface area contributed by atoms with Gasteiger partial charge in [0.15, 0.2) is 0 Å².